The van der Waals surface area contributed by atoms with Gasteiger partial charge in [0.1, 0.15) is 5.82 Å². The van der Waals surface area contributed by atoms with Crippen LogP contribution < -0.4 is 5.73 Å². The molecule has 0 aliphatic carbocycles. The normalized spacial score (nSPS) is 17.6. The largest absolute Gasteiger partial charge is 0.398 e. The zero-order chi connectivity index (χ0) is 19.0. The Hall–Kier alpha value is -2.82. The molecule has 1 amide bonds. The van der Waals surface area contributed by atoms with Gasteiger partial charge in [-0.1, -0.05) is 24.3 Å². The molecule has 4 rings (SSSR count). The predicted molar refractivity (Wildman–Crippen MR) is 109 cm³/mol. The van der Waals surface area contributed by atoms with E-state index in [0.29, 0.717) is 23.8 Å². The zero-order valence-corrected chi connectivity index (χ0v) is 15.9. The minimum Gasteiger partial charge on any atom is -0.398 e. The predicted octanol–water partition coefficient (Wildman–Crippen LogP) is 4.22. The lowest BCUT2D eigenvalue weighted by atomic mass is 9.96. The number of likely N-dealkylation sites (tertiary alicyclic amines) is 1. The molecule has 140 valence electrons. The standard InChI is InChI=1S/C22H26N4O/c1-15(2)26-20-12-6-5-11-19(20)24-21(26)16-8-7-13-25(14-16)22(27)17-9-3-4-10-18(17)23/h3-6,9-12,15-16H,7-8,13-14,23H2,1-2H3. The molecule has 27 heavy (non-hydrogen) atoms. The first-order chi connectivity index (χ1) is 13.1. The second-order valence-electron chi connectivity index (χ2n) is 7.60. The van der Waals surface area contributed by atoms with Crippen molar-refractivity contribution >= 4 is 22.6 Å². The van der Waals surface area contributed by atoms with E-state index in [1.54, 1.807) is 6.07 Å². The number of carbonyl (C=O) groups is 1. The molecule has 0 saturated carbocycles. The van der Waals surface area contributed by atoms with Gasteiger partial charge in [-0.2, -0.15) is 0 Å². The van der Waals surface area contributed by atoms with E-state index in [9.17, 15) is 4.79 Å². The van der Waals surface area contributed by atoms with Gasteiger partial charge in [0.15, 0.2) is 0 Å². The molecule has 1 aliphatic heterocycles. The summed E-state index contributed by atoms with van der Waals surface area (Å²) in [6.07, 6.45) is 2.02. The lowest BCUT2D eigenvalue weighted by molar-refractivity contribution is 0.0704. The third-order valence-electron chi connectivity index (χ3n) is 5.40. The summed E-state index contributed by atoms with van der Waals surface area (Å²) in [6, 6.07) is 15.9. The number of aromatic nitrogens is 2. The zero-order valence-electron chi connectivity index (χ0n) is 15.9. The van der Waals surface area contributed by atoms with Crippen LogP contribution in [0.5, 0.6) is 0 Å². The molecule has 3 aromatic rings. The van der Waals surface area contributed by atoms with E-state index in [0.717, 1.165) is 30.7 Å². The van der Waals surface area contributed by atoms with Gasteiger partial charge < -0.3 is 15.2 Å². The summed E-state index contributed by atoms with van der Waals surface area (Å²) >= 11 is 0. The highest BCUT2D eigenvalue weighted by molar-refractivity contribution is 5.99. The van der Waals surface area contributed by atoms with E-state index in [1.165, 1.54) is 5.52 Å². The SMILES string of the molecule is CC(C)n1c(C2CCCN(C(=O)c3ccccc3N)C2)nc2ccccc21. The molecule has 1 unspecified atom stereocenters. The molecule has 1 atom stereocenters. The number of piperidine rings is 1. The van der Waals surface area contributed by atoms with Crippen LogP contribution in [0.2, 0.25) is 0 Å². The molecule has 1 saturated heterocycles. The minimum absolute atomic E-state index is 0.0185. The van der Waals surface area contributed by atoms with E-state index in [-0.39, 0.29) is 11.8 Å². The van der Waals surface area contributed by atoms with Crippen LogP contribution in [-0.4, -0.2) is 33.4 Å². The number of para-hydroxylation sites is 3. The Kier molecular flexibility index (Phi) is 4.60. The van der Waals surface area contributed by atoms with E-state index in [4.69, 9.17) is 10.7 Å². The van der Waals surface area contributed by atoms with E-state index in [2.05, 4.69) is 36.6 Å². The van der Waals surface area contributed by atoms with Crippen LogP contribution in [0.25, 0.3) is 11.0 Å². The fourth-order valence-electron chi connectivity index (χ4n) is 4.13. The maximum Gasteiger partial charge on any atom is 0.255 e. The second-order valence-corrected chi connectivity index (χ2v) is 7.60. The van der Waals surface area contributed by atoms with Crippen molar-refractivity contribution in [3.05, 3.63) is 59.9 Å². The number of fused-ring (bicyclic) bond motifs is 1. The summed E-state index contributed by atoms with van der Waals surface area (Å²) in [7, 11) is 0. The summed E-state index contributed by atoms with van der Waals surface area (Å²) in [5.41, 5.74) is 9.35. The lowest BCUT2D eigenvalue weighted by Gasteiger charge is -2.33. The third-order valence-corrected chi connectivity index (χ3v) is 5.40. The van der Waals surface area contributed by atoms with Crippen LogP contribution in [-0.2, 0) is 0 Å². The van der Waals surface area contributed by atoms with Gasteiger partial charge in [0.2, 0.25) is 0 Å². The number of nitrogens with two attached hydrogens (primary N) is 1. The fraction of sp³-hybridized carbons (Fsp3) is 0.364. The average Bonchev–Trinajstić information content (AvgIpc) is 3.08. The molecule has 1 fully saturated rings. The van der Waals surface area contributed by atoms with Gasteiger partial charge in [0.25, 0.3) is 5.91 Å². The summed E-state index contributed by atoms with van der Waals surface area (Å²) in [5.74, 6) is 1.34. The number of nitrogens with zero attached hydrogens (tertiary/aromatic N) is 3. The highest BCUT2D eigenvalue weighted by Gasteiger charge is 2.30. The molecular weight excluding hydrogens is 336 g/mol. The van der Waals surface area contributed by atoms with Gasteiger partial charge in [-0.25, -0.2) is 4.98 Å². The number of anilines is 1. The Bertz CT molecular complexity index is 975. The number of hydrogen-bond acceptors (Lipinski definition) is 3. The number of imidazole rings is 1. The van der Waals surface area contributed by atoms with Gasteiger partial charge in [-0.05, 0) is 51.0 Å². The summed E-state index contributed by atoms with van der Waals surface area (Å²) in [6.45, 7) is 5.83. The molecule has 5 heteroatoms. The van der Waals surface area contributed by atoms with Crippen molar-refractivity contribution in [3.8, 4) is 0 Å². The topological polar surface area (TPSA) is 64.2 Å². The number of benzene rings is 2. The molecule has 5 nitrogen and oxygen atoms in total. The van der Waals surface area contributed by atoms with E-state index >= 15 is 0 Å². The van der Waals surface area contributed by atoms with Gasteiger partial charge in [0, 0.05) is 30.7 Å². The fourth-order valence-corrected chi connectivity index (χ4v) is 4.13. The Balaban J connectivity index is 1.66. The molecule has 2 N–H and O–H groups in total. The summed E-state index contributed by atoms with van der Waals surface area (Å²) < 4.78 is 2.32. The highest BCUT2D eigenvalue weighted by atomic mass is 16.2. The van der Waals surface area contributed by atoms with Crippen LogP contribution in [0.4, 0.5) is 5.69 Å². The first-order valence-corrected chi connectivity index (χ1v) is 9.67. The van der Waals surface area contributed by atoms with Crippen molar-refractivity contribution < 1.29 is 4.79 Å². The molecular formula is C22H26N4O. The first-order valence-electron chi connectivity index (χ1n) is 9.67. The average molecular weight is 362 g/mol. The Morgan fingerprint density at radius 2 is 1.89 bits per heavy atom. The molecule has 0 spiro atoms. The maximum atomic E-state index is 13.0. The lowest BCUT2D eigenvalue weighted by Crippen LogP contribution is -2.40. The Labute approximate surface area is 159 Å². The van der Waals surface area contributed by atoms with Crippen molar-refractivity contribution in [1.82, 2.24) is 14.5 Å². The number of amides is 1. The van der Waals surface area contributed by atoms with Gasteiger partial charge in [-0.3, -0.25) is 4.79 Å². The second kappa shape index (κ2) is 7.06. The smallest absolute Gasteiger partial charge is 0.255 e. The number of rotatable bonds is 3. The van der Waals surface area contributed by atoms with Gasteiger partial charge in [0.05, 0.1) is 16.6 Å². The Morgan fingerprint density at radius 3 is 2.67 bits per heavy atom. The molecule has 2 aromatic carbocycles. The Morgan fingerprint density at radius 1 is 1.15 bits per heavy atom. The highest BCUT2D eigenvalue weighted by Crippen LogP contribution is 2.32. The van der Waals surface area contributed by atoms with Gasteiger partial charge >= 0.3 is 0 Å². The number of nitrogen functional groups attached to an aromatic ring is 1. The van der Waals surface area contributed by atoms with Crippen molar-refractivity contribution in [1.29, 1.82) is 0 Å². The van der Waals surface area contributed by atoms with Crippen LogP contribution in [0.3, 0.4) is 0 Å². The van der Waals surface area contributed by atoms with Crippen molar-refractivity contribution in [2.24, 2.45) is 0 Å². The summed E-state index contributed by atoms with van der Waals surface area (Å²) in [5, 5.41) is 0. The molecule has 1 aliphatic rings. The molecule has 2 heterocycles. The third kappa shape index (κ3) is 3.18. The molecule has 0 bridgehead atoms. The van der Waals surface area contributed by atoms with Crippen LogP contribution in [0.15, 0.2) is 48.5 Å². The molecule has 0 radical (unpaired) electrons. The monoisotopic (exact) mass is 362 g/mol. The van der Waals surface area contributed by atoms with Gasteiger partial charge in [-0.15, -0.1) is 0 Å². The van der Waals surface area contributed by atoms with Crippen molar-refractivity contribution in [2.45, 2.75) is 38.6 Å². The quantitative estimate of drug-likeness (QED) is 0.710. The van der Waals surface area contributed by atoms with Crippen molar-refractivity contribution in [3.63, 3.8) is 0 Å². The van der Waals surface area contributed by atoms with E-state index < -0.39 is 0 Å². The maximum absolute atomic E-state index is 13.0. The van der Waals surface area contributed by atoms with E-state index in [1.807, 2.05) is 29.2 Å². The van der Waals surface area contributed by atoms with Crippen molar-refractivity contribution in [2.75, 3.05) is 18.8 Å². The molecule has 1 aromatic heterocycles. The minimum atomic E-state index is 0.0185. The van der Waals surface area contributed by atoms with Crippen LogP contribution in [0.1, 0.15) is 54.8 Å². The first kappa shape index (κ1) is 17.6. The number of carbonyl (C=O) groups excluding carboxylic acids is 1. The van der Waals surface area contributed by atoms with Crippen LogP contribution in [0, 0.1) is 0 Å². The summed E-state index contributed by atoms with van der Waals surface area (Å²) in [4.78, 5) is 19.9. The van der Waals surface area contributed by atoms with Crippen LogP contribution >= 0.6 is 0 Å². The number of hydrogen-bond donors (Lipinski definition) is 1.